The summed E-state index contributed by atoms with van der Waals surface area (Å²) in [5.41, 5.74) is 0.320. The summed E-state index contributed by atoms with van der Waals surface area (Å²) in [5, 5.41) is 9.65. The maximum Gasteiger partial charge on any atom is 0.306 e. The summed E-state index contributed by atoms with van der Waals surface area (Å²) in [7, 11) is 0. The Morgan fingerprint density at radius 3 is 2.38 bits per heavy atom. The fourth-order valence-corrected chi connectivity index (χ4v) is 4.91. The fourth-order valence-electron chi connectivity index (χ4n) is 4.91. The number of carboxylic acids is 1. The van der Waals surface area contributed by atoms with Crippen molar-refractivity contribution in [2.45, 2.75) is 79.1 Å². The molecule has 0 spiro atoms. The van der Waals surface area contributed by atoms with Gasteiger partial charge in [-0.3, -0.25) is 4.79 Å². The van der Waals surface area contributed by atoms with E-state index in [2.05, 4.69) is 27.7 Å². The van der Waals surface area contributed by atoms with Crippen molar-refractivity contribution < 1.29 is 9.90 Å². The van der Waals surface area contributed by atoms with Crippen LogP contribution in [0.25, 0.3) is 0 Å². The first-order chi connectivity index (χ1) is 9.82. The van der Waals surface area contributed by atoms with Gasteiger partial charge in [0.2, 0.25) is 0 Å². The van der Waals surface area contributed by atoms with E-state index in [1.54, 1.807) is 0 Å². The average molecular weight is 294 g/mol. The van der Waals surface area contributed by atoms with Crippen LogP contribution in [0.1, 0.15) is 79.1 Å². The van der Waals surface area contributed by atoms with Crippen LogP contribution in [0.4, 0.5) is 0 Å². The first-order valence-electron chi connectivity index (χ1n) is 9.05. The molecular weight excluding hydrogens is 260 g/mol. The third-order valence-electron chi connectivity index (χ3n) is 6.45. The van der Waals surface area contributed by atoms with Crippen molar-refractivity contribution in [3.8, 4) is 0 Å². The molecule has 0 saturated heterocycles. The van der Waals surface area contributed by atoms with Gasteiger partial charge in [-0.05, 0) is 54.8 Å². The molecule has 0 bridgehead atoms. The first kappa shape index (κ1) is 16.8. The third-order valence-corrected chi connectivity index (χ3v) is 6.45. The average Bonchev–Trinajstić information content (AvgIpc) is 2.45. The standard InChI is InChI=1S/C19H34O2/c1-5-13-7-6-8-14(11-13)17-12-15(19(2,3)4)9-10-16(17)18(20)21/h13-17H,5-12H2,1-4H3,(H,20,21). The van der Waals surface area contributed by atoms with Crippen LogP contribution in [-0.2, 0) is 4.79 Å². The van der Waals surface area contributed by atoms with Crippen LogP contribution in [0, 0.1) is 35.0 Å². The molecule has 1 N–H and O–H groups in total. The largest absolute Gasteiger partial charge is 0.481 e. The van der Waals surface area contributed by atoms with E-state index in [0.29, 0.717) is 23.2 Å². The van der Waals surface area contributed by atoms with E-state index in [1.807, 2.05) is 0 Å². The van der Waals surface area contributed by atoms with Crippen molar-refractivity contribution in [1.29, 1.82) is 0 Å². The lowest BCUT2D eigenvalue weighted by Crippen LogP contribution is -2.40. The third kappa shape index (κ3) is 4.02. The molecule has 0 aromatic heterocycles. The van der Waals surface area contributed by atoms with E-state index in [1.165, 1.54) is 32.1 Å². The Morgan fingerprint density at radius 2 is 1.81 bits per heavy atom. The van der Waals surface area contributed by atoms with E-state index in [4.69, 9.17) is 0 Å². The summed E-state index contributed by atoms with van der Waals surface area (Å²) in [4.78, 5) is 11.7. The number of hydrogen-bond donors (Lipinski definition) is 1. The monoisotopic (exact) mass is 294 g/mol. The van der Waals surface area contributed by atoms with Gasteiger partial charge in [-0.1, -0.05) is 53.4 Å². The molecule has 122 valence electrons. The molecule has 0 aromatic rings. The fraction of sp³-hybridized carbons (Fsp3) is 0.947. The lowest BCUT2D eigenvalue weighted by atomic mass is 9.59. The smallest absolute Gasteiger partial charge is 0.306 e. The second-order valence-corrected chi connectivity index (χ2v) is 8.69. The van der Waals surface area contributed by atoms with Crippen LogP contribution < -0.4 is 0 Å². The minimum atomic E-state index is -0.536. The quantitative estimate of drug-likeness (QED) is 0.760. The highest BCUT2D eigenvalue weighted by Crippen LogP contribution is 2.49. The topological polar surface area (TPSA) is 37.3 Å². The van der Waals surface area contributed by atoms with Crippen LogP contribution in [0.15, 0.2) is 0 Å². The van der Waals surface area contributed by atoms with Crippen LogP contribution in [0.5, 0.6) is 0 Å². The highest BCUT2D eigenvalue weighted by atomic mass is 16.4. The number of rotatable bonds is 3. The van der Waals surface area contributed by atoms with Crippen LogP contribution in [0.3, 0.4) is 0 Å². The van der Waals surface area contributed by atoms with Gasteiger partial charge < -0.3 is 5.11 Å². The van der Waals surface area contributed by atoms with Gasteiger partial charge in [0.1, 0.15) is 0 Å². The SMILES string of the molecule is CCC1CCCC(C2CC(C(C)(C)C)CCC2C(=O)O)C1. The number of aliphatic carboxylic acids is 1. The van der Waals surface area contributed by atoms with Gasteiger partial charge in [-0.15, -0.1) is 0 Å². The molecule has 2 heteroatoms. The Balaban J connectivity index is 2.12. The molecule has 21 heavy (non-hydrogen) atoms. The molecule has 2 saturated carbocycles. The maximum atomic E-state index is 11.7. The van der Waals surface area contributed by atoms with Gasteiger partial charge in [0.15, 0.2) is 0 Å². The van der Waals surface area contributed by atoms with Crippen molar-refractivity contribution >= 4 is 5.97 Å². The van der Waals surface area contributed by atoms with Gasteiger partial charge in [0.25, 0.3) is 0 Å². The molecule has 2 aliphatic rings. The van der Waals surface area contributed by atoms with E-state index in [0.717, 1.165) is 25.2 Å². The molecule has 2 aliphatic carbocycles. The van der Waals surface area contributed by atoms with Crippen LogP contribution >= 0.6 is 0 Å². The molecule has 2 nitrogen and oxygen atoms in total. The van der Waals surface area contributed by atoms with E-state index >= 15 is 0 Å². The van der Waals surface area contributed by atoms with Gasteiger partial charge in [-0.25, -0.2) is 0 Å². The van der Waals surface area contributed by atoms with Crippen LogP contribution in [0.2, 0.25) is 0 Å². The second kappa shape index (κ2) is 6.71. The summed E-state index contributed by atoms with van der Waals surface area (Å²) >= 11 is 0. The molecule has 2 rings (SSSR count). The molecule has 0 aromatic carbocycles. The Hall–Kier alpha value is -0.530. The lowest BCUT2D eigenvalue weighted by Gasteiger charge is -2.45. The van der Waals surface area contributed by atoms with Gasteiger partial charge in [0.05, 0.1) is 5.92 Å². The Kier molecular flexibility index (Phi) is 5.38. The summed E-state index contributed by atoms with van der Waals surface area (Å²) < 4.78 is 0. The highest BCUT2D eigenvalue weighted by Gasteiger charge is 2.43. The zero-order chi connectivity index (χ0) is 15.6. The second-order valence-electron chi connectivity index (χ2n) is 8.69. The molecular formula is C19H34O2. The van der Waals surface area contributed by atoms with Crippen molar-refractivity contribution in [1.82, 2.24) is 0 Å². The van der Waals surface area contributed by atoms with Crippen molar-refractivity contribution in [2.75, 3.05) is 0 Å². The Bertz CT molecular complexity index is 355. The molecule has 2 fully saturated rings. The van der Waals surface area contributed by atoms with Gasteiger partial charge in [-0.2, -0.15) is 0 Å². The molecule has 0 amide bonds. The Labute approximate surface area is 130 Å². The molecule has 5 unspecified atom stereocenters. The summed E-state index contributed by atoms with van der Waals surface area (Å²) in [6.07, 6.45) is 9.62. The first-order valence-corrected chi connectivity index (χ1v) is 9.05. The minimum Gasteiger partial charge on any atom is -0.481 e. The van der Waals surface area contributed by atoms with Gasteiger partial charge in [0, 0.05) is 0 Å². The van der Waals surface area contributed by atoms with Crippen molar-refractivity contribution in [3.63, 3.8) is 0 Å². The number of carbonyl (C=O) groups is 1. The van der Waals surface area contributed by atoms with E-state index in [9.17, 15) is 9.90 Å². The molecule has 0 radical (unpaired) electrons. The zero-order valence-electron chi connectivity index (χ0n) is 14.4. The van der Waals surface area contributed by atoms with Crippen molar-refractivity contribution in [3.05, 3.63) is 0 Å². The van der Waals surface area contributed by atoms with E-state index < -0.39 is 5.97 Å². The van der Waals surface area contributed by atoms with Crippen molar-refractivity contribution in [2.24, 2.45) is 35.0 Å². The number of hydrogen-bond acceptors (Lipinski definition) is 1. The summed E-state index contributed by atoms with van der Waals surface area (Å²) in [6, 6.07) is 0. The highest BCUT2D eigenvalue weighted by molar-refractivity contribution is 5.70. The Morgan fingerprint density at radius 1 is 1.10 bits per heavy atom. The normalized spacial score (nSPS) is 38.2. The molecule has 0 aliphatic heterocycles. The maximum absolute atomic E-state index is 11.7. The summed E-state index contributed by atoms with van der Waals surface area (Å²) in [6.45, 7) is 9.27. The van der Waals surface area contributed by atoms with Crippen LogP contribution in [-0.4, -0.2) is 11.1 Å². The van der Waals surface area contributed by atoms with Gasteiger partial charge >= 0.3 is 5.97 Å². The summed E-state index contributed by atoms with van der Waals surface area (Å²) in [5.74, 6) is 2.01. The molecule has 5 atom stereocenters. The molecule has 0 heterocycles. The zero-order valence-corrected chi connectivity index (χ0v) is 14.4. The lowest BCUT2D eigenvalue weighted by molar-refractivity contribution is -0.147. The minimum absolute atomic E-state index is 0.0794. The predicted molar refractivity (Wildman–Crippen MR) is 87.2 cm³/mol. The van der Waals surface area contributed by atoms with E-state index in [-0.39, 0.29) is 5.92 Å². The predicted octanol–water partition coefficient (Wildman–Crippen LogP) is 5.37. The number of carboxylic acid groups (broad SMARTS) is 1.